The van der Waals surface area contributed by atoms with Crippen LogP contribution in [0.2, 0.25) is 0 Å². The Balaban J connectivity index is 1.90. The maximum absolute atomic E-state index is 12.5. The highest BCUT2D eigenvalue weighted by molar-refractivity contribution is 5.94. The summed E-state index contributed by atoms with van der Waals surface area (Å²) in [5, 5.41) is 5.79. The number of nitrogens with one attached hydrogen (secondary N) is 2. The Morgan fingerprint density at radius 3 is 2.21 bits per heavy atom. The zero-order valence-electron chi connectivity index (χ0n) is 16.0. The van der Waals surface area contributed by atoms with Gasteiger partial charge < -0.3 is 15.4 Å². The van der Waals surface area contributed by atoms with E-state index >= 15 is 0 Å². The van der Waals surface area contributed by atoms with E-state index in [0.29, 0.717) is 31.4 Å². The summed E-state index contributed by atoms with van der Waals surface area (Å²) in [5.41, 5.74) is 1.42. The molecule has 0 aliphatic carbocycles. The number of esters is 1. The summed E-state index contributed by atoms with van der Waals surface area (Å²) >= 11 is 0. The van der Waals surface area contributed by atoms with Crippen LogP contribution in [0.15, 0.2) is 60.7 Å². The minimum Gasteiger partial charge on any atom is -0.469 e. The van der Waals surface area contributed by atoms with Gasteiger partial charge in [-0.2, -0.15) is 0 Å². The van der Waals surface area contributed by atoms with E-state index in [2.05, 4.69) is 15.4 Å². The first-order chi connectivity index (χ1) is 13.6. The van der Waals surface area contributed by atoms with Crippen molar-refractivity contribution >= 4 is 17.8 Å². The Kier molecular flexibility index (Phi) is 8.72. The number of hydrogen-bond donors (Lipinski definition) is 2. The van der Waals surface area contributed by atoms with Crippen LogP contribution in [-0.4, -0.2) is 31.4 Å². The fourth-order valence-electron chi connectivity index (χ4n) is 2.75. The molecule has 0 radical (unpaired) electrons. The molecule has 0 aliphatic heterocycles. The predicted octanol–water partition coefficient (Wildman–Crippen LogP) is 3.01. The van der Waals surface area contributed by atoms with Crippen LogP contribution in [-0.2, 0) is 14.3 Å². The molecule has 2 N–H and O–H groups in total. The molecule has 2 aromatic rings. The molecule has 148 valence electrons. The minimum atomic E-state index is -0.427. The van der Waals surface area contributed by atoms with Crippen LogP contribution >= 0.6 is 0 Å². The fourth-order valence-corrected chi connectivity index (χ4v) is 2.75. The quantitative estimate of drug-likeness (QED) is 0.489. The van der Waals surface area contributed by atoms with Gasteiger partial charge in [0, 0.05) is 18.5 Å². The minimum absolute atomic E-state index is 0.138. The van der Waals surface area contributed by atoms with E-state index in [9.17, 15) is 14.4 Å². The Bertz CT molecular complexity index is 763. The standard InChI is InChI=1S/C22H26N2O4/c1-28-21(26)14-8-9-15-23-20(25)16-19(17-10-4-2-5-11-17)24-22(27)18-12-6-3-7-13-18/h2-7,10-13,19H,8-9,14-16H2,1H3,(H,23,25)(H,24,27)/t19-/m1/s1. The highest BCUT2D eigenvalue weighted by atomic mass is 16.5. The van der Waals surface area contributed by atoms with Crippen molar-refractivity contribution in [3.63, 3.8) is 0 Å². The monoisotopic (exact) mass is 382 g/mol. The second-order valence-corrected chi connectivity index (χ2v) is 6.39. The van der Waals surface area contributed by atoms with Crippen molar-refractivity contribution < 1.29 is 19.1 Å². The number of unbranched alkanes of at least 4 members (excludes halogenated alkanes) is 1. The number of benzene rings is 2. The van der Waals surface area contributed by atoms with Crippen LogP contribution in [0.4, 0.5) is 0 Å². The van der Waals surface area contributed by atoms with Gasteiger partial charge in [0.25, 0.3) is 5.91 Å². The summed E-state index contributed by atoms with van der Waals surface area (Å²) in [6, 6.07) is 17.9. The van der Waals surface area contributed by atoms with Crippen molar-refractivity contribution in [1.29, 1.82) is 0 Å². The van der Waals surface area contributed by atoms with Gasteiger partial charge in [-0.25, -0.2) is 0 Å². The van der Waals surface area contributed by atoms with Gasteiger partial charge >= 0.3 is 5.97 Å². The summed E-state index contributed by atoms with van der Waals surface area (Å²) in [5.74, 6) is -0.625. The first-order valence-electron chi connectivity index (χ1n) is 9.34. The van der Waals surface area contributed by atoms with Crippen molar-refractivity contribution in [1.82, 2.24) is 10.6 Å². The van der Waals surface area contributed by atoms with Gasteiger partial charge in [-0.1, -0.05) is 48.5 Å². The lowest BCUT2D eigenvalue weighted by Gasteiger charge is -2.19. The van der Waals surface area contributed by atoms with Crippen molar-refractivity contribution in [2.75, 3.05) is 13.7 Å². The maximum atomic E-state index is 12.5. The molecular weight excluding hydrogens is 356 g/mol. The third kappa shape index (κ3) is 7.23. The lowest BCUT2D eigenvalue weighted by molar-refractivity contribution is -0.140. The van der Waals surface area contributed by atoms with Gasteiger partial charge in [0.1, 0.15) is 0 Å². The molecule has 0 aromatic heterocycles. The van der Waals surface area contributed by atoms with Crippen LogP contribution in [0.5, 0.6) is 0 Å². The Hall–Kier alpha value is -3.15. The number of carbonyl (C=O) groups excluding carboxylic acids is 3. The lowest BCUT2D eigenvalue weighted by atomic mass is 10.0. The molecule has 1 atom stereocenters. The van der Waals surface area contributed by atoms with Gasteiger partial charge in [0.15, 0.2) is 0 Å². The SMILES string of the molecule is COC(=O)CCCCNC(=O)C[C@@H](NC(=O)c1ccccc1)c1ccccc1. The van der Waals surface area contributed by atoms with Gasteiger partial charge in [-0.15, -0.1) is 0 Å². The topological polar surface area (TPSA) is 84.5 Å². The van der Waals surface area contributed by atoms with Crippen LogP contribution in [0.3, 0.4) is 0 Å². The summed E-state index contributed by atoms with van der Waals surface area (Å²) < 4.78 is 4.59. The smallest absolute Gasteiger partial charge is 0.305 e. The molecule has 0 aliphatic rings. The van der Waals surface area contributed by atoms with Crippen molar-refractivity contribution in [3.05, 3.63) is 71.8 Å². The molecule has 0 saturated heterocycles. The summed E-state index contributed by atoms with van der Waals surface area (Å²) in [4.78, 5) is 35.9. The van der Waals surface area contributed by atoms with E-state index in [1.54, 1.807) is 24.3 Å². The highest BCUT2D eigenvalue weighted by Crippen LogP contribution is 2.17. The molecule has 0 fully saturated rings. The zero-order valence-corrected chi connectivity index (χ0v) is 16.0. The number of rotatable bonds is 10. The molecular formula is C22H26N2O4. The lowest BCUT2D eigenvalue weighted by Crippen LogP contribution is -2.34. The number of carbonyl (C=O) groups is 3. The van der Waals surface area contributed by atoms with Crippen LogP contribution < -0.4 is 10.6 Å². The molecule has 0 unspecified atom stereocenters. The van der Waals surface area contributed by atoms with Crippen LogP contribution in [0.25, 0.3) is 0 Å². The van der Waals surface area contributed by atoms with Crippen LogP contribution in [0, 0.1) is 0 Å². The fraction of sp³-hybridized carbons (Fsp3) is 0.318. The van der Waals surface area contributed by atoms with E-state index in [4.69, 9.17) is 0 Å². The molecule has 0 heterocycles. The number of ether oxygens (including phenoxy) is 1. The predicted molar refractivity (Wildman–Crippen MR) is 107 cm³/mol. The molecule has 6 heteroatoms. The van der Waals surface area contributed by atoms with Crippen molar-refractivity contribution in [2.24, 2.45) is 0 Å². The first-order valence-corrected chi connectivity index (χ1v) is 9.34. The number of amides is 2. The third-order valence-corrected chi connectivity index (χ3v) is 4.29. The van der Waals surface area contributed by atoms with Gasteiger partial charge in [0.05, 0.1) is 19.6 Å². The highest BCUT2D eigenvalue weighted by Gasteiger charge is 2.19. The van der Waals surface area contributed by atoms with E-state index in [-0.39, 0.29) is 24.2 Å². The largest absolute Gasteiger partial charge is 0.469 e. The average Bonchev–Trinajstić information content (AvgIpc) is 2.74. The Morgan fingerprint density at radius 1 is 0.929 bits per heavy atom. The van der Waals surface area contributed by atoms with Crippen molar-refractivity contribution in [3.8, 4) is 0 Å². The maximum Gasteiger partial charge on any atom is 0.305 e. The second-order valence-electron chi connectivity index (χ2n) is 6.39. The molecule has 2 rings (SSSR count). The van der Waals surface area contributed by atoms with E-state index in [1.165, 1.54) is 7.11 Å². The summed E-state index contributed by atoms with van der Waals surface area (Å²) in [7, 11) is 1.36. The molecule has 0 saturated carbocycles. The molecule has 6 nitrogen and oxygen atoms in total. The summed E-state index contributed by atoms with van der Waals surface area (Å²) in [6.45, 7) is 0.476. The average molecular weight is 382 g/mol. The van der Waals surface area contributed by atoms with Gasteiger partial charge in [0.2, 0.25) is 5.91 Å². The molecule has 2 aromatic carbocycles. The molecule has 0 bridgehead atoms. The van der Waals surface area contributed by atoms with E-state index in [0.717, 1.165) is 5.56 Å². The van der Waals surface area contributed by atoms with Crippen LogP contribution in [0.1, 0.15) is 47.6 Å². The van der Waals surface area contributed by atoms with Gasteiger partial charge in [-0.3, -0.25) is 14.4 Å². The van der Waals surface area contributed by atoms with Crippen molar-refractivity contribution in [2.45, 2.75) is 31.7 Å². The molecule has 2 amide bonds. The third-order valence-electron chi connectivity index (χ3n) is 4.29. The zero-order chi connectivity index (χ0) is 20.2. The van der Waals surface area contributed by atoms with Gasteiger partial charge in [-0.05, 0) is 30.5 Å². The summed E-state index contributed by atoms with van der Waals surface area (Å²) in [6.07, 6.45) is 1.82. The number of hydrogen-bond acceptors (Lipinski definition) is 4. The molecule has 0 spiro atoms. The first kappa shape index (κ1) is 21.2. The Labute approximate surface area is 165 Å². The van der Waals surface area contributed by atoms with E-state index < -0.39 is 6.04 Å². The normalized spacial score (nSPS) is 11.3. The molecule has 28 heavy (non-hydrogen) atoms. The van der Waals surface area contributed by atoms with E-state index in [1.807, 2.05) is 36.4 Å². The second kappa shape index (κ2) is 11.5. The number of methoxy groups -OCH3 is 1. The Morgan fingerprint density at radius 2 is 1.57 bits per heavy atom.